The zero-order valence-electron chi connectivity index (χ0n) is 14.9. The monoisotopic (exact) mass is 329 g/mol. The van der Waals surface area contributed by atoms with Gasteiger partial charge in [0.05, 0.1) is 5.60 Å². The summed E-state index contributed by atoms with van der Waals surface area (Å²) in [5, 5.41) is 14.3. The van der Waals surface area contributed by atoms with Crippen LogP contribution in [0.1, 0.15) is 31.2 Å². The Balaban J connectivity index is 1.34. The summed E-state index contributed by atoms with van der Waals surface area (Å²) in [6.45, 7) is 8.54. The molecule has 3 aliphatic heterocycles. The molecule has 3 fully saturated rings. The third-order valence-corrected chi connectivity index (χ3v) is 6.55. The molecular formula is C20H31N3O. The first-order valence-corrected chi connectivity index (χ1v) is 9.63. The van der Waals surface area contributed by atoms with Gasteiger partial charge in [-0.2, -0.15) is 0 Å². The molecule has 1 aromatic carbocycles. The maximum Gasteiger partial charge on any atom is 0.0724 e. The smallest absolute Gasteiger partial charge is 0.0724 e. The van der Waals surface area contributed by atoms with E-state index in [0.29, 0.717) is 12.0 Å². The predicted molar refractivity (Wildman–Crippen MR) is 98.5 cm³/mol. The van der Waals surface area contributed by atoms with Gasteiger partial charge in [-0.3, -0.25) is 4.90 Å². The van der Waals surface area contributed by atoms with Crippen molar-refractivity contribution in [2.45, 2.75) is 44.2 Å². The number of nitrogens with one attached hydrogen (secondary N) is 1. The van der Waals surface area contributed by atoms with Crippen LogP contribution in [0.2, 0.25) is 0 Å². The van der Waals surface area contributed by atoms with E-state index < -0.39 is 5.60 Å². The molecule has 0 spiro atoms. The fraction of sp³-hybridized carbons (Fsp3) is 0.700. The molecule has 2 unspecified atom stereocenters. The Morgan fingerprint density at radius 3 is 2.58 bits per heavy atom. The number of hydrogen-bond acceptors (Lipinski definition) is 4. The highest BCUT2D eigenvalue weighted by Crippen LogP contribution is 2.35. The number of piperidine rings is 3. The molecule has 4 heteroatoms. The van der Waals surface area contributed by atoms with Crippen molar-refractivity contribution in [1.82, 2.24) is 10.2 Å². The standard InChI is InChI=1S/C20H31N3O/c1-16-2-4-18(5-3-16)22-11-6-19(7-12-22)23-13-9-20(24)8-10-21-14-17(20)15-23/h2-5,17,19,21,24H,6-15H2,1H3. The van der Waals surface area contributed by atoms with Crippen LogP contribution in [0.5, 0.6) is 0 Å². The average molecular weight is 329 g/mol. The molecule has 3 saturated heterocycles. The number of fused-ring (bicyclic) bond motifs is 1. The highest BCUT2D eigenvalue weighted by Gasteiger charge is 2.44. The van der Waals surface area contributed by atoms with Crippen LogP contribution in [0.25, 0.3) is 0 Å². The fourth-order valence-electron chi connectivity index (χ4n) is 4.83. The van der Waals surface area contributed by atoms with E-state index in [9.17, 15) is 5.11 Å². The second kappa shape index (κ2) is 6.66. The summed E-state index contributed by atoms with van der Waals surface area (Å²) in [6.07, 6.45) is 4.37. The minimum atomic E-state index is -0.398. The molecule has 0 aliphatic carbocycles. The molecule has 0 saturated carbocycles. The summed E-state index contributed by atoms with van der Waals surface area (Å²) < 4.78 is 0. The molecule has 3 aliphatic rings. The van der Waals surface area contributed by atoms with E-state index in [0.717, 1.165) is 52.1 Å². The van der Waals surface area contributed by atoms with E-state index in [1.807, 2.05) is 0 Å². The Labute approximate surface area is 145 Å². The van der Waals surface area contributed by atoms with E-state index in [1.54, 1.807) is 0 Å². The zero-order valence-corrected chi connectivity index (χ0v) is 14.9. The van der Waals surface area contributed by atoms with Crippen LogP contribution < -0.4 is 10.2 Å². The van der Waals surface area contributed by atoms with Crippen molar-refractivity contribution >= 4 is 5.69 Å². The summed E-state index contributed by atoms with van der Waals surface area (Å²) in [4.78, 5) is 5.19. The molecule has 4 nitrogen and oxygen atoms in total. The maximum atomic E-state index is 10.8. The summed E-state index contributed by atoms with van der Waals surface area (Å²) in [5.41, 5.74) is 2.30. The number of hydrogen-bond donors (Lipinski definition) is 2. The predicted octanol–water partition coefficient (Wildman–Crippen LogP) is 2.01. The van der Waals surface area contributed by atoms with Gasteiger partial charge in [-0.15, -0.1) is 0 Å². The van der Waals surface area contributed by atoms with Crippen LogP contribution in [0.15, 0.2) is 24.3 Å². The Hall–Kier alpha value is -1.10. The molecule has 132 valence electrons. The van der Waals surface area contributed by atoms with Gasteiger partial charge in [0, 0.05) is 50.4 Å². The molecule has 2 atom stereocenters. The maximum absolute atomic E-state index is 10.8. The van der Waals surface area contributed by atoms with E-state index in [-0.39, 0.29) is 0 Å². The van der Waals surface area contributed by atoms with E-state index in [4.69, 9.17) is 0 Å². The Morgan fingerprint density at radius 2 is 1.83 bits per heavy atom. The number of rotatable bonds is 2. The summed E-state index contributed by atoms with van der Waals surface area (Å²) in [5.74, 6) is 0.412. The van der Waals surface area contributed by atoms with Crippen molar-refractivity contribution < 1.29 is 5.11 Å². The van der Waals surface area contributed by atoms with Crippen molar-refractivity contribution in [3.05, 3.63) is 29.8 Å². The average Bonchev–Trinajstić information content (AvgIpc) is 2.62. The van der Waals surface area contributed by atoms with Gasteiger partial charge in [0.15, 0.2) is 0 Å². The van der Waals surface area contributed by atoms with Crippen LogP contribution in [-0.2, 0) is 0 Å². The van der Waals surface area contributed by atoms with Gasteiger partial charge < -0.3 is 15.3 Å². The largest absolute Gasteiger partial charge is 0.389 e. The van der Waals surface area contributed by atoms with E-state index >= 15 is 0 Å². The lowest BCUT2D eigenvalue weighted by Gasteiger charge is -2.50. The van der Waals surface area contributed by atoms with Crippen LogP contribution >= 0.6 is 0 Å². The minimum absolute atomic E-state index is 0.398. The normalized spacial score (nSPS) is 32.6. The van der Waals surface area contributed by atoms with Crippen molar-refractivity contribution in [3.63, 3.8) is 0 Å². The van der Waals surface area contributed by atoms with Gasteiger partial charge in [-0.25, -0.2) is 0 Å². The highest BCUT2D eigenvalue weighted by atomic mass is 16.3. The number of benzene rings is 1. The number of aliphatic hydroxyl groups is 1. The molecule has 4 rings (SSSR count). The third-order valence-electron chi connectivity index (χ3n) is 6.55. The van der Waals surface area contributed by atoms with Gasteiger partial charge >= 0.3 is 0 Å². The van der Waals surface area contributed by atoms with Gasteiger partial charge in [-0.1, -0.05) is 17.7 Å². The number of likely N-dealkylation sites (tertiary alicyclic amines) is 1. The molecule has 1 aromatic rings. The lowest BCUT2D eigenvalue weighted by Crippen LogP contribution is -2.61. The lowest BCUT2D eigenvalue weighted by molar-refractivity contribution is -0.0971. The molecule has 24 heavy (non-hydrogen) atoms. The summed E-state index contributed by atoms with van der Waals surface area (Å²) in [7, 11) is 0. The first-order chi connectivity index (χ1) is 11.6. The quantitative estimate of drug-likeness (QED) is 0.871. The number of nitrogens with zero attached hydrogens (tertiary/aromatic N) is 2. The number of anilines is 1. The van der Waals surface area contributed by atoms with Crippen molar-refractivity contribution in [3.8, 4) is 0 Å². The molecule has 0 aromatic heterocycles. The van der Waals surface area contributed by atoms with Gasteiger partial charge in [0.25, 0.3) is 0 Å². The molecule has 0 amide bonds. The van der Waals surface area contributed by atoms with Gasteiger partial charge in [0.1, 0.15) is 0 Å². The van der Waals surface area contributed by atoms with Crippen LogP contribution in [0.3, 0.4) is 0 Å². The van der Waals surface area contributed by atoms with Gasteiger partial charge in [-0.05, 0) is 51.3 Å². The molecular weight excluding hydrogens is 298 g/mol. The Kier molecular flexibility index (Phi) is 4.54. The van der Waals surface area contributed by atoms with Crippen LogP contribution in [0, 0.1) is 12.8 Å². The SMILES string of the molecule is Cc1ccc(N2CCC(N3CCC4(O)CCNCC4C3)CC2)cc1. The highest BCUT2D eigenvalue weighted by molar-refractivity contribution is 5.47. The first kappa shape index (κ1) is 16.4. The fourth-order valence-corrected chi connectivity index (χ4v) is 4.83. The molecule has 2 N–H and O–H groups in total. The van der Waals surface area contributed by atoms with Crippen molar-refractivity contribution in [1.29, 1.82) is 0 Å². The van der Waals surface area contributed by atoms with Gasteiger partial charge in [0.2, 0.25) is 0 Å². The van der Waals surface area contributed by atoms with E-state index in [2.05, 4.69) is 46.3 Å². The summed E-state index contributed by atoms with van der Waals surface area (Å²) in [6, 6.07) is 9.62. The molecule has 0 bridgehead atoms. The third kappa shape index (κ3) is 3.19. The van der Waals surface area contributed by atoms with Crippen molar-refractivity contribution in [2.24, 2.45) is 5.92 Å². The second-order valence-corrected chi connectivity index (χ2v) is 8.05. The first-order valence-electron chi connectivity index (χ1n) is 9.63. The second-order valence-electron chi connectivity index (χ2n) is 8.05. The minimum Gasteiger partial charge on any atom is -0.389 e. The lowest BCUT2D eigenvalue weighted by atomic mass is 9.75. The Morgan fingerprint density at radius 1 is 1.08 bits per heavy atom. The molecule has 0 radical (unpaired) electrons. The van der Waals surface area contributed by atoms with Crippen LogP contribution in [0.4, 0.5) is 5.69 Å². The topological polar surface area (TPSA) is 38.7 Å². The zero-order chi connectivity index (χ0) is 16.6. The summed E-state index contributed by atoms with van der Waals surface area (Å²) >= 11 is 0. The number of aryl methyl sites for hydroxylation is 1. The van der Waals surface area contributed by atoms with Crippen LogP contribution in [-0.4, -0.2) is 60.9 Å². The van der Waals surface area contributed by atoms with E-state index in [1.165, 1.54) is 24.1 Å². The van der Waals surface area contributed by atoms with Crippen molar-refractivity contribution in [2.75, 3.05) is 44.2 Å². The Bertz CT molecular complexity index is 553. The molecule has 3 heterocycles.